The molecule has 1 aromatic carbocycles. The van der Waals surface area contributed by atoms with E-state index in [1.165, 1.54) is 0 Å². The smallest absolute Gasteiger partial charge is 0.317 e. The quantitative estimate of drug-likeness (QED) is 0.660. The van der Waals surface area contributed by atoms with Crippen LogP contribution in [0.15, 0.2) is 18.2 Å². The molecule has 0 aromatic heterocycles. The summed E-state index contributed by atoms with van der Waals surface area (Å²) in [5.74, 6) is 0.326. The molecule has 6 nitrogen and oxygen atoms in total. The zero-order chi connectivity index (χ0) is 22.4. The van der Waals surface area contributed by atoms with Gasteiger partial charge in [-0.15, -0.1) is 0 Å². The highest BCUT2D eigenvalue weighted by molar-refractivity contribution is 5.91. The SMILES string of the molecule is CCNC(=O)N(Cc1cc(NC(=O)CC(C)(C)C)ccc1N(C)C)[C@H](C)C(C)C. The maximum absolute atomic E-state index is 12.7. The normalized spacial score (nSPS) is 12.5. The molecule has 0 aliphatic carbocycles. The van der Waals surface area contributed by atoms with Gasteiger partial charge in [0.25, 0.3) is 0 Å². The van der Waals surface area contributed by atoms with Crippen molar-refractivity contribution in [3.05, 3.63) is 23.8 Å². The minimum Gasteiger partial charge on any atom is -0.377 e. The molecule has 0 radical (unpaired) electrons. The second kappa shape index (κ2) is 10.5. The molecule has 3 amide bonds. The number of carbonyl (C=O) groups is 2. The van der Waals surface area contributed by atoms with Crippen molar-refractivity contribution < 1.29 is 9.59 Å². The third kappa shape index (κ3) is 7.95. The maximum atomic E-state index is 12.7. The first-order chi connectivity index (χ1) is 13.4. The topological polar surface area (TPSA) is 64.7 Å². The van der Waals surface area contributed by atoms with Crippen molar-refractivity contribution in [2.75, 3.05) is 30.9 Å². The Labute approximate surface area is 177 Å². The number of nitrogens with one attached hydrogen (secondary N) is 2. The van der Waals surface area contributed by atoms with E-state index in [-0.39, 0.29) is 23.4 Å². The lowest BCUT2D eigenvalue weighted by atomic mass is 9.92. The van der Waals surface area contributed by atoms with Crippen LogP contribution >= 0.6 is 0 Å². The van der Waals surface area contributed by atoms with E-state index in [9.17, 15) is 9.59 Å². The first-order valence-electron chi connectivity index (χ1n) is 10.5. The molecule has 0 saturated heterocycles. The van der Waals surface area contributed by atoms with Crippen LogP contribution in [0.1, 0.15) is 60.5 Å². The van der Waals surface area contributed by atoms with Crippen LogP contribution < -0.4 is 15.5 Å². The van der Waals surface area contributed by atoms with Gasteiger partial charge in [0.05, 0.1) is 0 Å². The van der Waals surface area contributed by atoms with Crippen LogP contribution in [-0.2, 0) is 11.3 Å². The Morgan fingerprint density at radius 2 is 1.72 bits per heavy atom. The molecule has 29 heavy (non-hydrogen) atoms. The van der Waals surface area contributed by atoms with Crippen molar-refractivity contribution in [3.8, 4) is 0 Å². The predicted octanol–water partition coefficient (Wildman–Crippen LogP) is 4.70. The van der Waals surface area contributed by atoms with Gasteiger partial charge in [-0.3, -0.25) is 4.79 Å². The summed E-state index contributed by atoms with van der Waals surface area (Å²) in [4.78, 5) is 29.0. The van der Waals surface area contributed by atoms with Gasteiger partial charge < -0.3 is 20.4 Å². The van der Waals surface area contributed by atoms with Gasteiger partial charge in [-0.05, 0) is 48.9 Å². The first-order valence-corrected chi connectivity index (χ1v) is 10.5. The molecule has 0 saturated carbocycles. The average molecular weight is 405 g/mol. The van der Waals surface area contributed by atoms with E-state index in [4.69, 9.17) is 0 Å². The minimum atomic E-state index is -0.0712. The van der Waals surface area contributed by atoms with Gasteiger partial charge in [-0.2, -0.15) is 0 Å². The summed E-state index contributed by atoms with van der Waals surface area (Å²) in [6.07, 6.45) is 0.452. The van der Waals surface area contributed by atoms with Crippen molar-refractivity contribution in [2.24, 2.45) is 11.3 Å². The van der Waals surface area contributed by atoms with Gasteiger partial charge in [0.1, 0.15) is 0 Å². The molecule has 1 aromatic rings. The fraction of sp³-hybridized carbons (Fsp3) is 0.652. The number of anilines is 2. The van der Waals surface area contributed by atoms with Gasteiger partial charge in [0.2, 0.25) is 5.91 Å². The van der Waals surface area contributed by atoms with E-state index in [0.29, 0.717) is 25.4 Å². The summed E-state index contributed by atoms with van der Waals surface area (Å²) in [6, 6.07) is 5.91. The highest BCUT2D eigenvalue weighted by Gasteiger charge is 2.24. The van der Waals surface area contributed by atoms with E-state index in [1.807, 2.05) is 69.8 Å². The minimum absolute atomic E-state index is 0.00261. The van der Waals surface area contributed by atoms with E-state index < -0.39 is 0 Å². The van der Waals surface area contributed by atoms with E-state index in [0.717, 1.165) is 16.9 Å². The predicted molar refractivity (Wildman–Crippen MR) is 122 cm³/mol. The summed E-state index contributed by atoms with van der Waals surface area (Å²) >= 11 is 0. The van der Waals surface area contributed by atoms with Crippen molar-refractivity contribution in [1.29, 1.82) is 0 Å². The Morgan fingerprint density at radius 3 is 2.21 bits per heavy atom. The number of carbonyl (C=O) groups excluding carboxylic acids is 2. The average Bonchev–Trinajstić information content (AvgIpc) is 2.57. The third-order valence-corrected chi connectivity index (χ3v) is 4.92. The van der Waals surface area contributed by atoms with Gasteiger partial charge in [0.15, 0.2) is 0 Å². The zero-order valence-electron chi connectivity index (χ0n) is 19.7. The van der Waals surface area contributed by atoms with Crippen molar-refractivity contribution in [1.82, 2.24) is 10.2 Å². The standard InChI is InChI=1S/C23H40N4O2/c1-10-24-22(29)27(17(4)16(2)3)15-18-13-19(11-12-20(18)26(8)9)25-21(28)14-23(5,6)7/h11-13,16-17H,10,14-15H2,1-9H3,(H,24,29)(H,25,28)/t17-/m1/s1. The van der Waals surface area contributed by atoms with Crippen LogP contribution in [0.25, 0.3) is 0 Å². The fourth-order valence-electron chi connectivity index (χ4n) is 3.11. The van der Waals surface area contributed by atoms with Crippen LogP contribution in [0.5, 0.6) is 0 Å². The van der Waals surface area contributed by atoms with Crippen LogP contribution in [0.4, 0.5) is 16.2 Å². The fourth-order valence-corrected chi connectivity index (χ4v) is 3.11. The number of hydrogen-bond donors (Lipinski definition) is 2. The Balaban J connectivity index is 3.20. The molecule has 0 fully saturated rings. The Morgan fingerprint density at radius 1 is 1.10 bits per heavy atom. The molecule has 2 N–H and O–H groups in total. The van der Waals surface area contributed by atoms with E-state index >= 15 is 0 Å². The Hall–Kier alpha value is -2.24. The number of urea groups is 1. The number of rotatable bonds is 8. The zero-order valence-corrected chi connectivity index (χ0v) is 19.7. The molecule has 0 unspecified atom stereocenters. The van der Waals surface area contributed by atoms with Gasteiger partial charge >= 0.3 is 6.03 Å². The first kappa shape index (κ1) is 24.8. The summed E-state index contributed by atoms with van der Waals surface area (Å²) in [5.41, 5.74) is 2.72. The summed E-state index contributed by atoms with van der Waals surface area (Å²) < 4.78 is 0. The number of nitrogens with zero attached hydrogens (tertiary/aromatic N) is 2. The molecule has 164 valence electrons. The van der Waals surface area contributed by atoms with Gasteiger partial charge in [-0.25, -0.2) is 4.79 Å². The molecule has 0 spiro atoms. The Kier molecular flexibility index (Phi) is 8.99. The maximum Gasteiger partial charge on any atom is 0.317 e. The summed E-state index contributed by atoms with van der Waals surface area (Å²) in [5, 5.41) is 5.93. The molecule has 0 aliphatic heterocycles. The second-order valence-corrected chi connectivity index (χ2v) is 9.47. The van der Waals surface area contributed by atoms with Crippen molar-refractivity contribution >= 4 is 23.3 Å². The van der Waals surface area contributed by atoms with E-state index in [1.54, 1.807) is 0 Å². The van der Waals surface area contributed by atoms with Gasteiger partial charge in [-0.1, -0.05) is 34.6 Å². The largest absolute Gasteiger partial charge is 0.377 e. The monoisotopic (exact) mass is 404 g/mol. The number of amides is 3. The van der Waals surface area contributed by atoms with Crippen LogP contribution in [-0.4, -0.2) is 43.5 Å². The third-order valence-electron chi connectivity index (χ3n) is 4.92. The Bertz CT molecular complexity index is 693. The van der Waals surface area contributed by atoms with Crippen LogP contribution in [0.3, 0.4) is 0 Å². The molecule has 0 aliphatic rings. The molecule has 0 heterocycles. The lowest BCUT2D eigenvalue weighted by molar-refractivity contribution is -0.117. The molecular weight excluding hydrogens is 364 g/mol. The van der Waals surface area contributed by atoms with E-state index in [2.05, 4.69) is 31.4 Å². The molecule has 0 bridgehead atoms. The molecule has 1 rings (SSSR count). The highest BCUT2D eigenvalue weighted by Crippen LogP contribution is 2.27. The van der Waals surface area contributed by atoms with Gasteiger partial charge in [0, 0.05) is 51.0 Å². The lowest BCUT2D eigenvalue weighted by Gasteiger charge is -2.33. The number of benzene rings is 1. The van der Waals surface area contributed by atoms with Crippen LogP contribution in [0.2, 0.25) is 0 Å². The highest BCUT2D eigenvalue weighted by atomic mass is 16.2. The summed E-state index contributed by atoms with van der Waals surface area (Å²) in [7, 11) is 3.97. The van der Waals surface area contributed by atoms with Crippen molar-refractivity contribution in [2.45, 2.75) is 67.5 Å². The summed E-state index contributed by atoms with van der Waals surface area (Å²) in [6.45, 7) is 15.4. The lowest BCUT2D eigenvalue weighted by Crippen LogP contribution is -2.46. The second-order valence-electron chi connectivity index (χ2n) is 9.47. The molecule has 1 atom stereocenters. The molecule has 6 heteroatoms. The number of hydrogen-bond acceptors (Lipinski definition) is 3. The van der Waals surface area contributed by atoms with Crippen LogP contribution in [0, 0.1) is 11.3 Å². The van der Waals surface area contributed by atoms with Crippen molar-refractivity contribution in [3.63, 3.8) is 0 Å². The molecular formula is C23H40N4O2.